The van der Waals surface area contributed by atoms with Crippen molar-refractivity contribution >= 4 is 5.97 Å². The van der Waals surface area contributed by atoms with Crippen LogP contribution in [0.25, 0.3) is 0 Å². The first-order chi connectivity index (χ1) is 9.70. The second-order valence-electron chi connectivity index (χ2n) is 5.29. The Morgan fingerprint density at radius 3 is 2.75 bits per heavy atom. The van der Waals surface area contributed by atoms with Crippen LogP contribution in [0.15, 0.2) is 24.3 Å². The predicted molar refractivity (Wildman–Crippen MR) is 78.1 cm³/mol. The molecule has 110 valence electrons. The molecule has 1 aromatic carbocycles. The van der Waals surface area contributed by atoms with Crippen LogP contribution >= 0.6 is 0 Å². The molecule has 1 heterocycles. The van der Waals surface area contributed by atoms with Crippen LogP contribution in [0.3, 0.4) is 0 Å². The molecule has 0 aromatic heterocycles. The normalized spacial score (nSPS) is 19.8. The predicted octanol–water partition coefficient (Wildman–Crippen LogP) is 3.38. The summed E-state index contributed by atoms with van der Waals surface area (Å²) in [4.78, 5) is 13.2. The molecule has 1 N–H and O–H groups in total. The van der Waals surface area contributed by atoms with E-state index in [0.717, 1.165) is 25.3 Å². The summed E-state index contributed by atoms with van der Waals surface area (Å²) in [6.45, 7) is 4.37. The number of ether oxygens (including phenoxy) is 1. The van der Waals surface area contributed by atoms with Gasteiger partial charge < -0.3 is 9.84 Å². The Labute approximate surface area is 120 Å². The van der Waals surface area contributed by atoms with Gasteiger partial charge in [-0.15, -0.1) is 0 Å². The van der Waals surface area contributed by atoms with E-state index in [2.05, 4.69) is 11.8 Å². The summed E-state index contributed by atoms with van der Waals surface area (Å²) in [6.07, 6.45) is 5.99. The van der Waals surface area contributed by atoms with Gasteiger partial charge in [-0.3, -0.25) is 4.90 Å². The van der Waals surface area contributed by atoms with Gasteiger partial charge in [-0.05, 0) is 49.9 Å². The van der Waals surface area contributed by atoms with Crippen molar-refractivity contribution < 1.29 is 14.6 Å². The summed E-state index contributed by atoms with van der Waals surface area (Å²) >= 11 is 0. The molecule has 1 aliphatic heterocycles. The third kappa shape index (κ3) is 3.97. The Morgan fingerprint density at radius 2 is 2.10 bits per heavy atom. The van der Waals surface area contributed by atoms with Gasteiger partial charge in [0.25, 0.3) is 0 Å². The van der Waals surface area contributed by atoms with Gasteiger partial charge in [0.15, 0.2) is 6.23 Å². The van der Waals surface area contributed by atoms with E-state index in [1.54, 1.807) is 24.3 Å². The van der Waals surface area contributed by atoms with Gasteiger partial charge in [0.05, 0.1) is 5.56 Å². The van der Waals surface area contributed by atoms with Gasteiger partial charge >= 0.3 is 5.97 Å². The molecular weight excluding hydrogens is 254 g/mol. The maximum Gasteiger partial charge on any atom is 0.335 e. The molecule has 1 aromatic rings. The fraction of sp³-hybridized carbons (Fsp3) is 0.562. The van der Waals surface area contributed by atoms with Gasteiger partial charge in [0.1, 0.15) is 5.75 Å². The van der Waals surface area contributed by atoms with Crippen LogP contribution in [-0.2, 0) is 0 Å². The highest BCUT2D eigenvalue weighted by molar-refractivity contribution is 5.87. The SMILES string of the molecule is CCCCN1CCCCC1Oc1ccc(C(=O)O)cc1. The second-order valence-corrected chi connectivity index (χ2v) is 5.29. The average Bonchev–Trinajstić information content (AvgIpc) is 2.47. The molecule has 0 radical (unpaired) electrons. The molecule has 1 saturated heterocycles. The number of hydrogen-bond acceptors (Lipinski definition) is 3. The van der Waals surface area contributed by atoms with Gasteiger partial charge in [-0.2, -0.15) is 0 Å². The molecule has 0 bridgehead atoms. The average molecular weight is 277 g/mol. The van der Waals surface area contributed by atoms with Crippen molar-refractivity contribution in [2.75, 3.05) is 13.1 Å². The van der Waals surface area contributed by atoms with Crippen LogP contribution < -0.4 is 4.74 Å². The molecular formula is C16H23NO3. The van der Waals surface area contributed by atoms with Crippen LogP contribution in [-0.4, -0.2) is 35.3 Å². The van der Waals surface area contributed by atoms with Gasteiger partial charge in [0, 0.05) is 13.1 Å². The lowest BCUT2D eigenvalue weighted by molar-refractivity contribution is -0.00446. The largest absolute Gasteiger partial charge is 0.478 e. The standard InChI is InChI=1S/C16H23NO3/c1-2-3-11-17-12-5-4-6-15(17)20-14-9-7-13(8-10-14)16(18)19/h7-10,15H,2-6,11-12H2,1H3,(H,18,19). The molecule has 0 saturated carbocycles. The third-order valence-corrected chi connectivity index (χ3v) is 3.73. The lowest BCUT2D eigenvalue weighted by atomic mass is 10.1. The number of unbranched alkanes of at least 4 members (excludes halogenated alkanes) is 1. The number of likely N-dealkylation sites (tertiary alicyclic amines) is 1. The molecule has 0 aliphatic carbocycles. The zero-order valence-corrected chi connectivity index (χ0v) is 12.0. The zero-order chi connectivity index (χ0) is 14.4. The van der Waals surface area contributed by atoms with E-state index in [1.165, 1.54) is 25.7 Å². The number of carboxylic acids is 1. The van der Waals surface area contributed by atoms with E-state index >= 15 is 0 Å². The fourth-order valence-corrected chi connectivity index (χ4v) is 2.54. The van der Waals surface area contributed by atoms with E-state index in [-0.39, 0.29) is 6.23 Å². The Bertz CT molecular complexity index is 430. The van der Waals surface area contributed by atoms with Gasteiger partial charge in [-0.1, -0.05) is 13.3 Å². The number of carboxylic acid groups (broad SMARTS) is 1. The lowest BCUT2D eigenvalue weighted by Crippen LogP contribution is -2.43. The van der Waals surface area contributed by atoms with Crippen molar-refractivity contribution in [2.24, 2.45) is 0 Å². The van der Waals surface area contributed by atoms with E-state index in [4.69, 9.17) is 9.84 Å². The van der Waals surface area contributed by atoms with Gasteiger partial charge in [0.2, 0.25) is 0 Å². The van der Waals surface area contributed by atoms with E-state index < -0.39 is 5.97 Å². The highest BCUT2D eigenvalue weighted by Crippen LogP contribution is 2.22. The fourth-order valence-electron chi connectivity index (χ4n) is 2.54. The number of aromatic carboxylic acids is 1. The van der Waals surface area contributed by atoms with E-state index in [0.29, 0.717) is 5.56 Å². The Hall–Kier alpha value is -1.55. The molecule has 0 spiro atoms. The van der Waals surface area contributed by atoms with Crippen molar-refractivity contribution in [1.82, 2.24) is 4.90 Å². The maximum atomic E-state index is 10.8. The lowest BCUT2D eigenvalue weighted by Gasteiger charge is -2.35. The second kappa shape index (κ2) is 7.29. The molecule has 1 fully saturated rings. The van der Waals surface area contributed by atoms with Crippen LogP contribution in [0.4, 0.5) is 0 Å². The Balaban J connectivity index is 1.97. The molecule has 2 rings (SSSR count). The minimum Gasteiger partial charge on any atom is -0.478 e. The quantitative estimate of drug-likeness (QED) is 0.866. The summed E-state index contributed by atoms with van der Waals surface area (Å²) < 4.78 is 6.03. The van der Waals surface area contributed by atoms with Crippen molar-refractivity contribution in [1.29, 1.82) is 0 Å². The number of nitrogens with zero attached hydrogens (tertiary/aromatic N) is 1. The third-order valence-electron chi connectivity index (χ3n) is 3.73. The van der Waals surface area contributed by atoms with Crippen molar-refractivity contribution in [2.45, 2.75) is 45.3 Å². The molecule has 4 nitrogen and oxygen atoms in total. The number of hydrogen-bond donors (Lipinski definition) is 1. The summed E-state index contributed by atoms with van der Waals surface area (Å²) in [6, 6.07) is 6.68. The van der Waals surface area contributed by atoms with Crippen LogP contribution in [0, 0.1) is 0 Å². The smallest absolute Gasteiger partial charge is 0.335 e. The molecule has 4 heteroatoms. The summed E-state index contributed by atoms with van der Waals surface area (Å²) in [5.74, 6) is -0.151. The number of benzene rings is 1. The molecule has 1 aliphatic rings. The first kappa shape index (κ1) is 14.9. The summed E-state index contributed by atoms with van der Waals surface area (Å²) in [5, 5.41) is 8.89. The summed E-state index contributed by atoms with van der Waals surface area (Å²) in [7, 11) is 0. The molecule has 1 unspecified atom stereocenters. The maximum absolute atomic E-state index is 10.8. The Kier molecular flexibility index (Phi) is 5.41. The highest BCUT2D eigenvalue weighted by atomic mass is 16.5. The summed E-state index contributed by atoms with van der Waals surface area (Å²) in [5.41, 5.74) is 0.295. The number of piperidine rings is 1. The molecule has 1 atom stereocenters. The van der Waals surface area contributed by atoms with Crippen LogP contribution in [0.1, 0.15) is 49.4 Å². The monoisotopic (exact) mass is 277 g/mol. The van der Waals surface area contributed by atoms with Gasteiger partial charge in [-0.25, -0.2) is 4.79 Å². The number of rotatable bonds is 6. The van der Waals surface area contributed by atoms with Crippen molar-refractivity contribution in [3.8, 4) is 5.75 Å². The first-order valence-electron chi connectivity index (χ1n) is 7.44. The molecule has 20 heavy (non-hydrogen) atoms. The van der Waals surface area contributed by atoms with Crippen molar-refractivity contribution in [3.63, 3.8) is 0 Å². The zero-order valence-electron chi connectivity index (χ0n) is 12.0. The van der Waals surface area contributed by atoms with E-state index in [1.807, 2.05) is 0 Å². The topological polar surface area (TPSA) is 49.8 Å². The number of carbonyl (C=O) groups is 1. The minimum atomic E-state index is -0.904. The molecule has 0 amide bonds. The minimum absolute atomic E-state index is 0.131. The van der Waals surface area contributed by atoms with Crippen LogP contribution in [0.5, 0.6) is 5.75 Å². The first-order valence-corrected chi connectivity index (χ1v) is 7.44. The van der Waals surface area contributed by atoms with E-state index in [9.17, 15) is 4.79 Å². The highest BCUT2D eigenvalue weighted by Gasteiger charge is 2.23. The van der Waals surface area contributed by atoms with Crippen molar-refractivity contribution in [3.05, 3.63) is 29.8 Å². The van der Waals surface area contributed by atoms with Crippen LogP contribution in [0.2, 0.25) is 0 Å². The Morgan fingerprint density at radius 1 is 1.35 bits per heavy atom.